The Morgan fingerprint density at radius 3 is 0.736 bits per heavy atom. The Kier molecular flexibility index (Phi) is 20.5. The molecule has 0 saturated heterocycles. The fourth-order valence-corrected chi connectivity index (χ4v) is 21.9. The van der Waals surface area contributed by atoms with Crippen LogP contribution in [-0.4, -0.2) is 18.3 Å². The molecule has 24 aromatic rings. The highest BCUT2D eigenvalue weighted by molar-refractivity contribution is 6.20. The molecular weight excluding hydrogens is 1700 g/mol. The number of rotatable bonds is 15. The highest BCUT2D eigenvalue weighted by atomic mass is 15.0. The van der Waals surface area contributed by atoms with Gasteiger partial charge in [0.2, 0.25) is 0 Å². The zero-order chi connectivity index (χ0) is 95.0. The largest absolute Gasteiger partial charge is 0.308 e. The smallest absolute Gasteiger partial charge is 0.0993 e. The summed E-state index contributed by atoms with van der Waals surface area (Å²) in [5, 5.41) is 54.1. The molecule has 0 spiro atoms. The van der Waals surface area contributed by atoms with Crippen molar-refractivity contribution in [2.24, 2.45) is 0 Å². The van der Waals surface area contributed by atoms with E-state index in [4.69, 9.17) is 0 Å². The van der Waals surface area contributed by atoms with Crippen LogP contribution in [0.4, 0.5) is 0 Å². The van der Waals surface area contributed by atoms with E-state index in [1.807, 2.05) is 48.5 Å². The zero-order valence-corrected chi connectivity index (χ0v) is 78.7. The lowest BCUT2D eigenvalue weighted by Gasteiger charge is -2.22. The minimum Gasteiger partial charge on any atom is -0.308 e. The summed E-state index contributed by atoms with van der Waals surface area (Å²) in [6, 6.07) is 155. The molecular formula is C132H90N8. The van der Waals surface area contributed by atoms with Crippen LogP contribution in [0.2, 0.25) is 0 Å². The van der Waals surface area contributed by atoms with Crippen molar-refractivity contribution in [3.8, 4) is 169 Å². The zero-order valence-electron chi connectivity index (χ0n) is 78.7. The van der Waals surface area contributed by atoms with Crippen molar-refractivity contribution in [1.82, 2.24) is 18.3 Å². The molecule has 8 nitrogen and oxygen atoms in total. The summed E-state index contributed by atoms with van der Waals surface area (Å²) in [6.07, 6.45) is 0. The summed E-state index contributed by atoms with van der Waals surface area (Å²) in [5.41, 5.74) is 44.4. The molecule has 0 radical (unpaired) electrons. The Balaban J connectivity index is 0.742. The van der Waals surface area contributed by atoms with Crippen molar-refractivity contribution in [1.29, 1.82) is 21.0 Å². The summed E-state index contributed by atoms with van der Waals surface area (Å²) >= 11 is 0. The van der Waals surface area contributed by atoms with Crippen LogP contribution in [-0.2, 0) is 0 Å². The van der Waals surface area contributed by atoms with E-state index in [-0.39, 0.29) is 0 Å². The number of nitriles is 4. The molecule has 20 aromatic carbocycles. The van der Waals surface area contributed by atoms with E-state index in [1.54, 1.807) is 0 Å². The van der Waals surface area contributed by atoms with Gasteiger partial charge in [0.1, 0.15) is 0 Å². The van der Waals surface area contributed by atoms with Crippen LogP contribution in [0.15, 0.2) is 400 Å². The third-order valence-electron chi connectivity index (χ3n) is 28.4. The molecule has 0 bridgehead atoms. The second-order valence-electron chi connectivity index (χ2n) is 37.9. The van der Waals surface area contributed by atoms with Gasteiger partial charge >= 0.3 is 0 Å². The molecule has 0 saturated carbocycles. The van der Waals surface area contributed by atoms with Crippen LogP contribution in [0, 0.1) is 101 Å². The van der Waals surface area contributed by atoms with E-state index in [1.165, 1.54) is 11.1 Å². The minimum absolute atomic E-state index is 0.460. The molecule has 0 N–H and O–H groups in total. The molecule has 4 aromatic heterocycles. The average Bonchev–Trinajstić information content (AvgIpc) is 1.55. The number of aryl methyl sites for hydroxylation is 8. The van der Waals surface area contributed by atoms with Crippen molar-refractivity contribution in [3.05, 3.63) is 467 Å². The number of fused-ring (bicyclic) bond motifs is 12. The predicted octanol–water partition coefficient (Wildman–Crippen LogP) is 34.4. The lowest BCUT2D eigenvalue weighted by molar-refractivity contribution is 1.13. The Morgan fingerprint density at radius 1 is 0.164 bits per heavy atom. The van der Waals surface area contributed by atoms with Crippen molar-refractivity contribution >= 4 is 87.2 Å². The van der Waals surface area contributed by atoms with E-state index < -0.39 is 0 Å². The predicted molar refractivity (Wildman–Crippen MR) is 580 cm³/mol. The van der Waals surface area contributed by atoms with Gasteiger partial charge in [0, 0.05) is 54.2 Å². The van der Waals surface area contributed by atoms with Crippen molar-refractivity contribution in [2.45, 2.75) is 55.4 Å². The number of aromatic nitrogens is 4. The van der Waals surface area contributed by atoms with E-state index in [0.717, 1.165) is 266 Å². The quantitative estimate of drug-likeness (QED) is 0.102. The SMILES string of the molecule is Cc1cccc(-c2ccc3c(c2)c2cc(-c4cccc(C)c4)ccc2n3-c2cc(C#N)cc(-n3c4ccc(-c5cccc(C)c5)cc4c4cc(-c5ccc(-c6cc(-c7cccc(C)c7)cc7c6c6ccc(-c8cccc(C)c8)cc6n7-c6cc(C#N)cc(-n7c8cc(-c9cccc(C)c9)ccc8c8ccc(-c9cccc(C)c9)cc87)c6-c6cccc(C#N)c6)c(C)c5)ccc43)c2-c2cccc(C#N)c2)c1. The van der Waals surface area contributed by atoms with Crippen LogP contribution >= 0.6 is 0 Å². The molecule has 140 heavy (non-hydrogen) atoms. The molecule has 0 fully saturated rings. The highest BCUT2D eigenvalue weighted by Crippen LogP contribution is 2.52. The average molecular weight is 1790 g/mol. The first-order chi connectivity index (χ1) is 68.4. The topological polar surface area (TPSA) is 115 Å². The van der Waals surface area contributed by atoms with Gasteiger partial charge in [-0.25, -0.2) is 0 Å². The molecule has 0 atom stereocenters. The van der Waals surface area contributed by atoms with Crippen LogP contribution in [0.3, 0.4) is 0 Å². The summed E-state index contributed by atoms with van der Waals surface area (Å²) < 4.78 is 9.51. The molecule has 0 aliphatic rings. The maximum absolute atomic E-state index is 12.0. The summed E-state index contributed by atoms with van der Waals surface area (Å²) in [5.74, 6) is 0. The van der Waals surface area contributed by atoms with Crippen molar-refractivity contribution in [2.75, 3.05) is 0 Å². The monoisotopic (exact) mass is 1790 g/mol. The van der Waals surface area contributed by atoms with Gasteiger partial charge in [-0.05, 0) is 300 Å². The Labute approximate surface area is 812 Å². The second-order valence-corrected chi connectivity index (χ2v) is 37.9. The summed E-state index contributed by atoms with van der Waals surface area (Å²) in [6.45, 7) is 17.2. The maximum Gasteiger partial charge on any atom is 0.0993 e. The first kappa shape index (κ1) is 84.5. The van der Waals surface area contributed by atoms with Gasteiger partial charge in [-0.2, -0.15) is 21.0 Å². The third kappa shape index (κ3) is 14.6. The highest BCUT2D eigenvalue weighted by Gasteiger charge is 2.31. The third-order valence-corrected chi connectivity index (χ3v) is 28.4. The normalized spacial score (nSPS) is 11.5. The Morgan fingerprint density at radius 2 is 0.414 bits per heavy atom. The van der Waals surface area contributed by atoms with Gasteiger partial charge in [-0.15, -0.1) is 0 Å². The van der Waals surface area contributed by atoms with Crippen molar-refractivity contribution in [3.63, 3.8) is 0 Å². The minimum atomic E-state index is 0.460. The first-order valence-electron chi connectivity index (χ1n) is 47.6. The maximum atomic E-state index is 12.0. The van der Waals surface area contributed by atoms with E-state index in [0.29, 0.717) is 22.3 Å². The molecule has 8 heteroatoms. The summed E-state index contributed by atoms with van der Waals surface area (Å²) in [7, 11) is 0. The van der Waals surface area contributed by atoms with Gasteiger partial charge in [0.15, 0.2) is 0 Å². The van der Waals surface area contributed by atoms with Gasteiger partial charge in [0.25, 0.3) is 0 Å². The Bertz CT molecular complexity index is 9410. The molecule has 4 heterocycles. The molecule has 0 unspecified atom stereocenters. The van der Waals surface area contributed by atoms with Gasteiger partial charge in [-0.1, -0.05) is 312 Å². The fraction of sp³-hybridized carbons (Fsp3) is 0.0606. The van der Waals surface area contributed by atoms with Crippen molar-refractivity contribution < 1.29 is 0 Å². The van der Waals surface area contributed by atoms with Crippen LogP contribution in [0.25, 0.3) is 232 Å². The number of hydrogen-bond donors (Lipinski definition) is 0. The number of nitrogens with zero attached hydrogens (tertiary/aromatic N) is 8. The number of benzene rings is 20. The first-order valence-corrected chi connectivity index (χ1v) is 47.6. The molecule has 0 amide bonds. The van der Waals surface area contributed by atoms with Crippen LogP contribution in [0.1, 0.15) is 66.8 Å². The fourth-order valence-electron chi connectivity index (χ4n) is 21.9. The van der Waals surface area contributed by atoms with Gasteiger partial charge in [0.05, 0.1) is 113 Å². The van der Waals surface area contributed by atoms with E-state index in [9.17, 15) is 21.0 Å². The Hall–Kier alpha value is -18.4. The summed E-state index contributed by atoms with van der Waals surface area (Å²) in [4.78, 5) is 0. The van der Waals surface area contributed by atoms with Crippen LogP contribution < -0.4 is 0 Å². The number of hydrogen-bond acceptors (Lipinski definition) is 4. The lowest BCUT2D eigenvalue weighted by Crippen LogP contribution is -2.05. The van der Waals surface area contributed by atoms with Gasteiger partial charge in [-0.3, -0.25) is 0 Å². The van der Waals surface area contributed by atoms with Gasteiger partial charge < -0.3 is 18.3 Å². The molecule has 0 aliphatic carbocycles. The molecule has 0 aliphatic heterocycles. The lowest BCUT2D eigenvalue weighted by atomic mass is 9.90. The second kappa shape index (κ2) is 33.9. The van der Waals surface area contributed by atoms with Crippen LogP contribution in [0.5, 0.6) is 0 Å². The molecule has 658 valence electrons. The standard InChI is InChI=1S/C132H90N8/c1-79-18-9-27-91(52-79)99-40-48-118-113(66-99)114-67-100(92-28-10-19-80(2)53-92)41-49-119(114)137(118)125-62-89(77-135)63-126(130(125)106-34-16-25-87(60-106)75-133)138-120-50-42-101(93-29-11-20-81(3)54-93)68-115(120)116-69-102(43-51-121(116)138)98-36-44-109(86(8)59-98)117-70-108(97-33-15-24-85(7)58-97)74-129-132(117)112-47-39-105(96-32-14-23-84(6)57-96)73-124(112)140(129)128-65-90(78-136)64-127(131(128)107-35-17-26-88(61-107)76-134)139-122-71-103(94-30-12-21-82(4)55-94)37-45-110(122)111-46-38-104(72-123(111)139)95-31-13-22-83(5)56-95/h9-74H,1-8H3. The van der Waals surface area contributed by atoms with E-state index >= 15 is 0 Å². The molecule has 24 rings (SSSR count). The van der Waals surface area contributed by atoms with E-state index in [2.05, 4.69) is 450 Å².